The smallest absolute Gasteiger partial charge is 0.228 e. The molecule has 20 heavy (non-hydrogen) atoms. The Morgan fingerprint density at radius 3 is 2.95 bits per heavy atom. The van der Waals surface area contributed by atoms with Gasteiger partial charge in [0.1, 0.15) is 5.76 Å². The topological polar surface area (TPSA) is 64.4 Å². The van der Waals surface area contributed by atoms with Crippen molar-refractivity contribution in [3.63, 3.8) is 0 Å². The fourth-order valence-electron chi connectivity index (χ4n) is 3.42. The standard InChI is InChI=1S/C15H22N2O3/c1-11-7-13(20-17-11)8-14(18)16-12-9-15(19-10-12)5-3-2-4-6-15/h7,12H,2-6,8-10H2,1H3,(H,16,18)/t12-/m1/s1. The van der Waals surface area contributed by atoms with Crippen molar-refractivity contribution in [2.24, 2.45) is 0 Å². The minimum absolute atomic E-state index is 0.0115. The third-order valence-electron chi connectivity index (χ3n) is 4.35. The first-order chi connectivity index (χ1) is 9.65. The van der Waals surface area contributed by atoms with Crippen LogP contribution in [0.2, 0.25) is 0 Å². The number of ether oxygens (including phenoxy) is 1. The highest BCUT2D eigenvalue weighted by Gasteiger charge is 2.41. The van der Waals surface area contributed by atoms with Gasteiger partial charge in [0.25, 0.3) is 0 Å². The summed E-state index contributed by atoms with van der Waals surface area (Å²) in [6.45, 7) is 2.49. The number of hydrogen-bond donors (Lipinski definition) is 1. The van der Waals surface area contributed by atoms with Crippen LogP contribution in [0.3, 0.4) is 0 Å². The van der Waals surface area contributed by atoms with Crippen LogP contribution in [0, 0.1) is 6.92 Å². The highest BCUT2D eigenvalue weighted by atomic mass is 16.5. The van der Waals surface area contributed by atoms with E-state index in [1.807, 2.05) is 6.92 Å². The number of hydrogen-bond acceptors (Lipinski definition) is 4. The van der Waals surface area contributed by atoms with E-state index in [9.17, 15) is 4.79 Å². The zero-order valence-corrected chi connectivity index (χ0v) is 12.0. The van der Waals surface area contributed by atoms with E-state index in [0.717, 1.165) is 25.0 Å². The van der Waals surface area contributed by atoms with Gasteiger partial charge in [-0.3, -0.25) is 4.79 Å². The van der Waals surface area contributed by atoms with Gasteiger partial charge in [0, 0.05) is 6.07 Å². The molecule has 5 heteroatoms. The minimum Gasteiger partial charge on any atom is -0.373 e. The molecule has 1 aromatic rings. The van der Waals surface area contributed by atoms with Crippen LogP contribution < -0.4 is 5.32 Å². The van der Waals surface area contributed by atoms with Crippen molar-refractivity contribution in [2.75, 3.05) is 6.61 Å². The van der Waals surface area contributed by atoms with Crippen molar-refractivity contribution < 1.29 is 14.1 Å². The van der Waals surface area contributed by atoms with Gasteiger partial charge < -0.3 is 14.6 Å². The summed E-state index contributed by atoms with van der Waals surface area (Å²) in [5.74, 6) is 0.605. The highest BCUT2D eigenvalue weighted by molar-refractivity contribution is 5.78. The second-order valence-corrected chi connectivity index (χ2v) is 6.13. The Hall–Kier alpha value is -1.36. The van der Waals surface area contributed by atoms with Gasteiger partial charge in [0.05, 0.1) is 30.4 Å². The Morgan fingerprint density at radius 2 is 2.25 bits per heavy atom. The van der Waals surface area contributed by atoms with E-state index in [1.54, 1.807) is 6.07 Å². The summed E-state index contributed by atoms with van der Waals surface area (Å²) in [4.78, 5) is 12.0. The van der Waals surface area contributed by atoms with Gasteiger partial charge in [-0.2, -0.15) is 0 Å². The lowest BCUT2D eigenvalue weighted by molar-refractivity contribution is -0.121. The van der Waals surface area contributed by atoms with Gasteiger partial charge >= 0.3 is 0 Å². The molecule has 5 nitrogen and oxygen atoms in total. The molecule has 1 N–H and O–H groups in total. The maximum Gasteiger partial charge on any atom is 0.228 e. The van der Waals surface area contributed by atoms with Crippen LogP contribution in [0.1, 0.15) is 50.0 Å². The fourth-order valence-corrected chi connectivity index (χ4v) is 3.42. The molecule has 1 aromatic heterocycles. The molecule has 1 amide bonds. The number of amides is 1. The molecular weight excluding hydrogens is 256 g/mol. The summed E-state index contributed by atoms with van der Waals surface area (Å²) >= 11 is 0. The molecule has 1 spiro atoms. The number of nitrogens with zero attached hydrogens (tertiary/aromatic N) is 1. The van der Waals surface area contributed by atoms with Crippen LogP contribution in [-0.4, -0.2) is 29.3 Å². The van der Waals surface area contributed by atoms with Gasteiger partial charge in [-0.15, -0.1) is 0 Å². The minimum atomic E-state index is -0.0115. The van der Waals surface area contributed by atoms with Gasteiger partial charge in [0.2, 0.25) is 5.91 Å². The van der Waals surface area contributed by atoms with Crippen LogP contribution >= 0.6 is 0 Å². The highest BCUT2D eigenvalue weighted by Crippen LogP contribution is 2.39. The summed E-state index contributed by atoms with van der Waals surface area (Å²) < 4.78 is 11.1. The largest absolute Gasteiger partial charge is 0.373 e. The lowest BCUT2D eigenvalue weighted by Crippen LogP contribution is -2.38. The maximum absolute atomic E-state index is 12.0. The van der Waals surface area contributed by atoms with E-state index >= 15 is 0 Å². The molecule has 0 bridgehead atoms. The van der Waals surface area contributed by atoms with E-state index in [-0.39, 0.29) is 24.0 Å². The Labute approximate surface area is 119 Å². The van der Waals surface area contributed by atoms with Crippen molar-refractivity contribution in [3.05, 3.63) is 17.5 Å². The fraction of sp³-hybridized carbons (Fsp3) is 0.733. The monoisotopic (exact) mass is 278 g/mol. The molecule has 1 aliphatic carbocycles. The van der Waals surface area contributed by atoms with Crippen molar-refractivity contribution in [1.82, 2.24) is 10.5 Å². The van der Waals surface area contributed by atoms with Gasteiger partial charge in [-0.1, -0.05) is 24.4 Å². The first-order valence-electron chi connectivity index (χ1n) is 7.51. The van der Waals surface area contributed by atoms with Crippen LogP contribution in [0.15, 0.2) is 10.6 Å². The molecule has 110 valence electrons. The third kappa shape index (κ3) is 3.03. The second-order valence-electron chi connectivity index (χ2n) is 6.13. The number of nitrogens with one attached hydrogen (secondary N) is 1. The molecule has 3 rings (SSSR count). The molecule has 0 unspecified atom stereocenters. The number of rotatable bonds is 3. The lowest BCUT2D eigenvalue weighted by atomic mass is 9.82. The van der Waals surface area contributed by atoms with Crippen molar-refractivity contribution in [1.29, 1.82) is 0 Å². The average Bonchev–Trinajstić information content (AvgIpc) is 2.98. The van der Waals surface area contributed by atoms with E-state index in [1.165, 1.54) is 19.3 Å². The molecule has 1 atom stereocenters. The zero-order valence-electron chi connectivity index (χ0n) is 12.0. The summed E-state index contributed by atoms with van der Waals surface area (Å²) in [6, 6.07) is 1.94. The molecule has 2 aliphatic rings. The quantitative estimate of drug-likeness (QED) is 0.920. The number of aryl methyl sites for hydroxylation is 1. The SMILES string of the molecule is Cc1cc(CC(=O)N[C@H]2COC3(CCCCC3)C2)on1. The Morgan fingerprint density at radius 1 is 1.45 bits per heavy atom. The molecule has 0 aromatic carbocycles. The first kappa shape index (κ1) is 13.6. The number of carbonyl (C=O) groups is 1. The molecular formula is C15H22N2O3. The normalized spacial score (nSPS) is 24.9. The van der Waals surface area contributed by atoms with Crippen molar-refractivity contribution in [3.8, 4) is 0 Å². The summed E-state index contributed by atoms with van der Waals surface area (Å²) in [5, 5.41) is 6.85. The number of aromatic nitrogens is 1. The van der Waals surface area contributed by atoms with Gasteiger partial charge in [-0.25, -0.2) is 0 Å². The zero-order chi connectivity index (χ0) is 14.0. The van der Waals surface area contributed by atoms with E-state index < -0.39 is 0 Å². The summed E-state index contributed by atoms with van der Waals surface area (Å²) in [6.07, 6.45) is 7.29. The third-order valence-corrected chi connectivity index (χ3v) is 4.35. The average molecular weight is 278 g/mol. The van der Waals surface area contributed by atoms with E-state index in [2.05, 4.69) is 10.5 Å². The Kier molecular flexibility index (Phi) is 3.78. The molecule has 1 saturated heterocycles. The lowest BCUT2D eigenvalue weighted by Gasteiger charge is -2.32. The Balaban J connectivity index is 1.50. The number of carbonyl (C=O) groups excluding carboxylic acids is 1. The first-order valence-corrected chi connectivity index (χ1v) is 7.51. The van der Waals surface area contributed by atoms with Gasteiger partial charge in [0.15, 0.2) is 0 Å². The maximum atomic E-state index is 12.0. The van der Waals surface area contributed by atoms with Crippen molar-refractivity contribution in [2.45, 2.75) is 63.5 Å². The Bertz CT molecular complexity index is 477. The molecule has 1 saturated carbocycles. The van der Waals surface area contributed by atoms with Crippen LogP contribution in [0.25, 0.3) is 0 Å². The summed E-state index contributed by atoms with van der Waals surface area (Å²) in [7, 11) is 0. The van der Waals surface area contributed by atoms with E-state index in [0.29, 0.717) is 12.4 Å². The predicted octanol–water partition coefficient (Wildman–Crippen LogP) is 2.13. The van der Waals surface area contributed by atoms with Crippen LogP contribution in [-0.2, 0) is 16.0 Å². The predicted molar refractivity (Wildman–Crippen MR) is 73.3 cm³/mol. The molecule has 2 heterocycles. The van der Waals surface area contributed by atoms with Crippen LogP contribution in [0.4, 0.5) is 0 Å². The van der Waals surface area contributed by atoms with Crippen molar-refractivity contribution >= 4 is 5.91 Å². The van der Waals surface area contributed by atoms with Gasteiger partial charge in [-0.05, 0) is 26.2 Å². The van der Waals surface area contributed by atoms with E-state index in [4.69, 9.17) is 9.26 Å². The second kappa shape index (κ2) is 5.56. The molecule has 2 fully saturated rings. The van der Waals surface area contributed by atoms with Crippen LogP contribution in [0.5, 0.6) is 0 Å². The molecule has 0 radical (unpaired) electrons. The summed E-state index contributed by atoms with van der Waals surface area (Å²) in [5.41, 5.74) is 0.845. The molecule has 1 aliphatic heterocycles.